The first kappa shape index (κ1) is 7.80. The standard InChI is InChI=1S/C8H11N3/c1-6(2)11-5-8(4-9)7(3)10-11/h5-6H,1-3H3. The van der Waals surface area contributed by atoms with Crippen LogP contribution in [0.2, 0.25) is 0 Å². The number of nitriles is 1. The van der Waals surface area contributed by atoms with E-state index in [-0.39, 0.29) is 0 Å². The Hall–Kier alpha value is -1.30. The molecule has 0 radical (unpaired) electrons. The summed E-state index contributed by atoms with van der Waals surface area (Å²) >= 11 is 0. The zero-order valence-electron chi connectivity index (χ0n) is 7.00. The molecule has 0 N–H and O–H groups in total. The van der Waals surface area contributed by atoms with Gasteiger partial charge in [0.15, 0.2) is 0 Å². The van der Waals surface area contributed by atoms with Gasteiger partial charge in [0.2, 0.25) is 0 Å². The lowest BCUT2D eigenvalue weighted by Gasteiger charge is -2.02. The summed E-state index contributed by atoms with van der Waals surface area (Å²) in [7, 11) is 0. The maximum atomic E-state index is 8.61. The number of nitrogens with zero attached hydrogens (tertiary/aromatic N) is 3. The van der Waals surface area contributed by atoms with E-state index in [4.69, 9.17) is 5.26 Å². The zero-order chi connectivity index (χ0) is 8.43. The van der Waals surface area contributed by atoms with Crippen molar-refractivity contribution >= 4 is 0 Å². The Morgan fingerprint density at radius 3 is 2.55 bits per heavy atom. The summed E-state index contributed by atoms with van der Waals surface area (Å²) in [4.78, 5) is 0. The predicted molar refractivity (Wildman–Crippen MR) is 42.1 cm³/mol. The molecule has 0 spiro atoms. The summed E-state index contributed by atoms with van der Waals surface area (Å²) in [5.74, 6) is 0. The van der Waals surface area contributed by atoms with Crippen LogP contribution in [-0.4, -0.2) is 9.78 Å². The van der Waals surface area contributed by atoms with E-state index in [1.807, 2.05) is 20.8 Å². The van der Waals surface area contributed by atoms with Crippen molar-refractivity contribution < 1.29 is 0 Å². The summed E-state index contributed by atoms with van der Waals surface area (Å²) in [6, 6.07) is 2.42. The first-order chi connectivity index (χ1) is 5.15. The Labute approximate surface area is 66.3 Å². The molecule has 3 nitrogen and oxygen atoms in total. The van der Waals surface area contributed by atoms with Gasteiger partial charge in [0.25, 0.3) is 0 Å². The molecule has 3 heteroatoms. The Bertz CT molecular complexity index is 291. The van der Waals surface area contributed by atoms with Gasteiger partial charge in [-0.2, -0.15) is 10.4 Å². The van der Waals surface area contributed by atoms with E-state index in [2.05, 4.69) is 11.2 Å². The van der Waals surface area contributed by atoms with Gasteiger partial charge in [0, 0.05) is 12.2 Å². The van der Waals surface area contributed by atoms with Crippen LogP contribution in [0.3, 0.4) is 0 Å². The molecule has 0 saturated heterocycles. The summed E-state index contributed by atoms with van der Waals surface area (Å²) in [5.41, 5.74) is 1.47. The fourth-order valence-corrected chi connectivity index (χ4v) is 0.856. The van der Waals surface area contributed by atoms with E-state index in [9.17, 15) is 0 Å². The number of hydrogen-bond acceptors (Lipinski definition) is 2. The average Bonchev–Trinajstić information content (AvgIpc) is 2.31. The molecule has 0 aromatic carbocycles. The smallest absolute Gasteiger partial charge is 0.103 e. The lowest BCUT2D eigenvalue weighted by atomic mass is 10.3. The first-order valence-corrected chi connectivity index (χ1v) is 3.61. The third-order valence-electron chi connectivity index (χ3n) is 1.57. The second-order valence-electron chi connectivity index (χ2n) is 2.81. The second-order valence-corrected chi connectivity index (χ2v) is 2.81. The van der Waals surface area contributed by atoms with Crippen LogP contribution in [0, 0.1) is 18.3 Å². The van der Waals surface area contributed by atoms with Crippen molar-refractivity contribution in [2.75, 3.05) is 0 Å². The van der Waals surface area contributed by atoms with Crippen molar-refractivity contribution in [2.24, 2.45) is 0 Å². The van der Waals surface area contributed by atoms with Crippen LogP contribution < -0.4 is 0 Å². The molecular weight excluding hydrogens is 138 g/mol. The van der Waals surface area contributed by atoms with Crippen molar-refractivity contribution in [3.05, 3.63) is 17.5 Å². The van der Waals surface area contributed by atoms with Gasteiger partial charge in [0.05, 0.1) is 11.3 Å². The summed E-state index contributed by atoms with van der Waals surface area (Å²) < 4.78 is 1.80. The molecule has 0 aliphatic carbocycles. The second kappa shape index (κ2) is 2.75. The summed E-state index contributed by atoms with van der Waals surface area (Å²) in [6.07, 6.45) is 1.78. The van der Waals surface area contributed by atoms with Crippen LogP contribution in [0.4, 0.5) is 0 Å². The highest BCUT2D eigenvalue weighted by atomic mass is 15.3. The number of aromatic nitrogens is 2. The van der Waals surface area contributed by atoms with E-state index in [1.54, 1.807) is 10.9 Å². The first-order valence-electron chi connectivity index (χ1n) is 3.61. The van der Waals surface area contributed by atoms with Gasteiger partial charge in [-0.15, -0.1) is 0 Å². The van der Waals surface area contributed by atoms with Gasteiger partial charge in [-0.05, 0) is 20.8 Å². The normalized spacial score (nSPS) is 10.1. The predicted octanol–water partition coefficient (Wildman–Crippen LogP) is 1.64. The number of hydrogen-bond donors (Lipinski definition) is 0. The molecule has 0 unspecified atom stereocenters. The van der Waals surface area contributed by atoms with Crippen molar-refractivity contribution in [1.29, 1.82) is 5.26 Å². The van der Waals surface area contributed by atoms with Crippen molar-refractivity contribution in [3.8, 4) is 6.07 Å². The molecule has 11 heavy (non-hydrogen) atoms. The van der Waals surface area contributed by atoms with Crippen molar-refractivity contribution in [1.82, 2.24) is 9.78 Å². The van der Waals surface area contributed by atoms with Crippen LogP contribution in [0.15, 0.2) is 6.20 Å². The van der Waals surface area contributed by atoms with Crippen LogP contribution in [0.5, 0.6) is 0 Å². The van der Waals surface area contributed by atoms with Crippen molar-refractivity contribution in [3.63, 3.8) is 0 Å². The Balaban J connectivity index is 3.07. The maximum Gasteiger partial charge on any atom is 0.103 e. The average molecular weight is 149 g/mol. The molecule has 0 aliphatic rings. The maximum absolute atomic E-state index is 8.61. The summed E-state index contributed by atoms with van der Waals surface area (Å²) in [6.45, 7) is 5.92. The molecule has 58 valence electrons. The van der Waals surface area contributed by atoms with E-state index in [0.29, 0.717) is 11.6 Å². The minimum atomic E-state index is 0.329. The number of aryl methyl sites for hydroxylation is 1. The molecule has 0 aliphatic heterocycles. The van der Waals surface area contributed by atoms with Crippen LogP contribution in [0.25, 0.3) is 0 Å². The fourth-order valence-electron chi connectivity index (χ4n) is 0.856. The highest BCUT2D eigenvalue weighted by Gasteiger charge is 2.04. The van der Waals surface area contributed by atoms with Gasteiger partial charge in [-0.1, -0.05) is 0 Å². The molecule has 0 fully saturated rings. The zero-order valence-corrected chi connectivity index (χ0v) is 7.00. The molecule has 1 aromatic rings. The molecular formula is C8H11N3. The third-order valence-corrected chi connectivity index (χ3v) is 1.57. The third kappa shape index (κ3) is 1.40. The minimum absolute atomic E-state index is 0.329. The van der Waals surface area contributed by atoms with Crippen LogP contribution in [-0.2, 0) is 0 Å². The van der Waals surface area contributed by atoms with Gasteiger partial charge in [-0.3, -0.25) is 4.68 Å². The fraction of sp³-hybridized carbons (Fsp3) is 0.500. The van der Waals surface area contributed by atoms with Crippen LogP contribution in [0.1, 0.15) is 31.1 Å². The van der Waals surface area contributed by atoms with E-state index in [0.717, 1.165) is 5.69 Å². The molecule has 1 rings (SSSR count). The SMILES string of the molecule is Cc1nn(C(C)C)cc1C#N. The van der Waals surface area contributed by atoms with E-state index >= 15 is 0 Å². The minimum Gasteiger partial charge on any atom is -0.269 e. The lowest BCUT2D eigenvalue weighted by molar-refractivity contribution is 0.529. The van der Waals surface area contributed by atoms with Crippen LogP contribution >= 0.6 is 0 Å². The Morgan fingerprint density at radius 1 is 1.64 bits per heavy atom. The molecule has 1 heterocycles. The monoisotopic (exact) mass is 149 g/mol. The molecule has 1 aromatic heterocycles. The molecule has 0 amide bonds. The number of rotatable bonds is 1. The Morgan fingerprint density at radius 2 is 2.27 bits per heavy atom. The van der Waals surface area contributed by atoms with Gasteiger partial charge in [-0.25, -0.2) is 0 Å². The van der Waals surface area contributed by atoms with Crippen molar-refractivity contribution in [2.45, 2.75) is 26.8 Å². The van der Waals surface area contributed by atoms with Gasteiger partial charge >= 0.3 is 0 Å². The quantitative estimate of drug-likeness (QED) is 0.609. The summed E-state index contributed by atoms with van der Waals surface area (Å²) in [5, 5.41) is 12.8. The molecule has 0 saturated carbocycles. The van der Waals surface area contributed by atoms with Gasteiger partial charge in [0.1, 0.15) is 6.07 Å². The highest BCUT2D eigenvalue weighted by molar-refractivity contribution is 5.29. The van der Waals surface area contributed by atoms with E-state index < -0.39 is 0 Å². The molecule has 0 atom stereocenters. The van der Waals surface area contributed by atoms with E-state index in [1.165, 1.54) is 0 Å². The lowest BCUT2D eigenvalue weighted by Crippen LogP contribution is -2.00. The largest absolute Gasteiger partial charge is 0.269 e. The molecule has 0 bridgehead atoms. The van der Waals surface area contributed by atoms with Gasteiger partial charge < -0.3 is 0 Å². The highest BCUT2D eigenvalue weighted by Crippen LogP contribution is 2.08. The topological polar surface area (TPSA) is 41.6 Å². The Kier molecular flexibility index (Phi) is 1.95.